The van der Waals surface area contributed by atoms with Gasteiger partial charge in [-0.15, -0.1) is 0 Å². The third-order valence-corrected chi connectivity index (χ3v) is 8.15. The highest BCUT2D eigenvalue weighted by Gasteiger charge is 2.56. The van der Waals surface area contributed by atoms with E-state index >= 15 is 0 Å². The molecule has 4 atom stereocenters. The number of aromatic amines is 1. The summed E-state index contributed by atoms with van der Waals surface area (Å²) in [6, 6.07) is 3.03. The molecule has 3 N–H and O–H groups in total. The SMILES string of the molecule is CCCCCCCCCCCCCCCC(=O)C(O)[C@H]1O[C@@](C(=O)c2cccnc2)(n2cc(C)c(=O)[nH]c2=O)C[C@@H]1O. The van der Waals surface area contributed by atoms with Gasteiger partial charge in [0.1, 0.15) is 12.2 Å². The summed E-state index contributed by atoms with van der Waals surface area (Å²) >= 11 is 0. The van der Waals surface area contributed by atoms with Crippen LogP contribution in [0.5, 0.6) is 0 Å². The van der Waals surface area contributed by atoms with Gasteiger partial charge in [-0.3, -0.25) is 28.9 Å². The lowest BCUT2D eigenvalue weighted by Crippen LogP contribution is -2.50. The maximum Gasteiger partial charge on any atom is 0.331 e. The van der Waals surface area contributed by atoms with Gasteiger partial charge in [-0.1, -0.05) is 84.0 Å². The molecule has 0 aliphatic carbocycles. The third-order valence-electron chi connectivity index (χ3n) is 8.15. The first kappa shape index (κ1) is 33.6. The second kappa shape index (κ2) is 16.6. The van der Waals surface area contributed by atoms with Crippen molar-refractivity contribution in [2.45, 2.75) is 134 Å². The Hall–Kier alpha value is -2.95. The number of Topliss-reactive ketones (excluding diaryl/α,β-unsaturated/α-hetero) is 2. The van der Waals surface area contributed by atoms with Gasteiger partial charge in [0.05, 0.1) is 6.10 Å². The smallest absolute Gasteiger partial charge is 0.331 e. The van der Waals surface area contributed by atoms with Gasteiger partial charge in [-0.25, -0.2) is 4.79 Å². The molecule has 0 bridgehead atoms. The molecule has 232 valence electrons. The number of nitrogens with zero attached hydrogens (tertiary/aromatic N) is 2. The zero-order valence-electron chi connectivity index (χ0n) is 25.1. The van der Waals surface area contributed by atoms with Crippen LogP contribution in [0.1, 0.15) is 119 Å². The number of aliphatic hydroxyl groups excluding tert-OH is 2. The van der Waals surface area contributed by atoms with E-state index in [9.17, 15) is 29.4 Å². The number of unbranched alkanes of at least 4 members (excludes halogenated alkanes) is 12. The fourth-order valence-corrected chi connectivity index (χ4v) is 5.64. The van der Waals surface area contributed by atoms with Gasteiger partial charge in [0.2, 0.25) is 11.5 Å². The molecular formula is C32H47N3O7. The van der Waals surface area contributed by atoms with Crippen molar-refractivity contribution in [1.82, 2.24) is 14.5 Å². The van der Waals surface area contributed by atoms with E-state index in [1.165, 1.54) is 89.4 Å². The Morgan fingerprint density at radius 1 is 1.05 bits per heavy atom. The minimum atomic E-state index is -2.09. The van der Waals surface area contributed by atoms with Crippen molar-refractivity contribution in [3.8, 4) is 0 Å². The van der Waals surface area contributed by atoms with Crippen LogP contribution in [-0.2, 0) is 15.3 Å². The fourth-order valence-electron chi connectivity index (χ4n) is 5.64. The molecule has 1 saturated heterocycles. The van der Waals surface area contributed by atoms with E-state index in [0.29, 0.717) is 6.42 Å². The lowest BCUT2D eigenvalue weighted by atomic mass is 9.95. The lowest BCUT2D eigenvalue weighted by molar-refractivity contribution is -0.148. The Bertz CT molecular complexity index is 1260. The minimum Gasteiger partial charge on any atom is -0.390 e. The Kier molecular flexibility index (Phi) is 13.3. The number of aromatic nitrogens is 3. The summed E-state index contributed by atoms with van der Waals surface area (Å²) in [5.74, 6) is -1.18. The van der Waals surface area contributed by atoms with E-state index in [4.69, 9.17) is 4.74 Å². The van der Waals surface area contributed by atoms with Crippen molar-refractivity contribution in [2.75, 3.05) is 0 Å². The summed E-state index contributed by atoms with van der Waals surface area (Å²) in [5.41, 5.74) is -3.37. The molecule has 1 fully saturated rings. The molecule has 10 heteroatoms. The molecule has 3 heterocycles. The van der Waals surface area contributed by atoms with E-state index in [-0.39, 0.29) is 17.5 Å². The van der Waals surface area contributed by atoms with Crippen LogP contribution >= 0.6 is 0 Å². The number of carbonyl (C=O) groups is 2. The standard InChI is InChI=1S/C32H47N3O7/c1-3-4-5-6-7-8-9-10-11-12-13-14-15-18-25(36)27(38)28-26(37)20-32(42-28,29(39)24-17-16-19-33-21-24)35-22-23(2)30(40)34-31(35)41/h16-17,19,21-22,26-28,37-38H,3-15,18,20H2,1-2H3,(H,34,40,41)/t26-,27?,28-,32-/m0/s1. The highest BCUT2D eigenvalue weighted by molar-refractivity contribution is 6.01. The van der Waals surface area contributed by atoms with Crippen LogP contribution in [0.3, 0.4) is 0 Å². The number of rotatable bonds is 19. The molecule has 0 saturated carbocycles. The predicted octanol–water partition coefficient (Wildman–Crippen LogP) is 4.34. The summed E-state index contributed by atoms with van der Waals surface area (Å²) in [6.45, 7) is 3.70. The molecule has 0 amide bonds. The van der Waals surface area contributed by atoms with Crippen molar-refractivity contribution in [3.63, 3.8) is 0 Å². The van der Waals surface area contributed by atoms with Crippen LogP contribution < -0.4 is 11.2 Å². The Labute approximate surface area is 247 Å². The first-order chi connectivity index (χ1) is 20.2. The van der Waals surface area contributed by atoms with Crippen molar-refractivity contribution in [3.05, 3.63) is 62.7 Å². The minimum absolute atomic E-state index is 0.105. The zero-order chi connectivity index (χ0) is 30.5. The van der Waals surface area contributed by atoms with Crippen LogP contribution in [-0.4, -0.2) is 54.6 Å². The number of hydrogen-bond donors (Lipinski definition) is 3. The van der Waals surface area contributed by atoms with Crippen LogP contribution in [0, 0.1) is 6.92 Å². The fraction of sp³-hybridized carbons (Fsp3) is 0.656. The Morgan fingerprint density at radius 3 is 2.21 bits per heavy atom. The molecule has 0 spiro atoms. The number of H-pyrrole nitrogens is 1. The molecule has 1 aliphatic heterocycles. The quantitative estimate of drug-likeness (QED) is 0.163. The molecule has 42 heavy (non-hydrogen) atoms. The summed E-state index contributed by atoms with van der Waals surface area (Å²) in [6.07, 6.45) is 14.3. The van der Waals surface area contributed by atoms with E-state index in [1.54, 1.807) is 6.07 Å². The maximum absolute atomic E-state index is 13.7. The molecule has 3 rings (SSSR count). The third kappa shape index (κ3) is 8.78. The number of hydrogen-bond acceptors (Lipinski definition) is 8. The number of aryl methyl sites for hydroxylation is 1. The predicted molar refractivity (Wildman–Crippen MR) is 159 cm³/mol. The maximum atomic E-state index is 13.7. The largest absolute Gasteiger partial charge is 0.390 e. The van der Waals surface area contributed by atoms with Crippen LogP contribution in [0.25, 0.3) is 0 Å². The van der Waals surface area contributed by atoms with Gasteiger partial charge in [0.15, 0.2) is 5.78 Å². The van der Waals surface area contributed by atoms with Crippen molar-refractivity contribution < 1.29 is 24.5 Å². The summed E-state index contributed by atoms with van der Waals surface area (Å²) in [4.78, 5) is 57.5. The normalized spacial score (nSPS) is 21.0. The number of carbonyl (C=O) groups excluding carboxylic acids is 2. The lowest BCUT2D eigenvalue weighted by Gasteiger charge is -2.30. The zero-order valence-corrected chi connectivity index (χ0v) is 25.1. The number of aliphatic hydroxyl groups is 2. The average Bonchev–Trinajstić information content (AvgIpc) is 3.34. The molecule has 10 nitrogen and oxygen atoms in total. The first-order valence-electron chi connectivity index (χ1n) is 15.6. The van der Waals surface area contributed by atoms with E-state index in [0.717, 1.165) is 23.8 Å². The molecule has 1 unspecified atom stereocenters. The Balaban J connectivity index is 1.55. The molecule has 2 aromatic rings. The van der Waals surface area contributed by atoms with Gasteiger partial charge in [-0.2, -0.15) is 0 Å². The summed E-state index contributed by atoms with van der Waals surface area (Å²) in [7, 11) is 0. The van der Waals surface area contributed by atoms with Gasteiger partial charge >= 0.3 is 5.69 Å². The average molecular weight is 586 g/mol. The first-order valence-corrected chi connectivity index (χ1v) is 15.6. The molecule has 0 radical (unpaired) electrons. The van der Waals surface area contributed by atoms with Gasteiger partial charge in [0, 0.05) is 42.6 Å². The van der Waals surface area contributed by atoms with Crippen LogP contribution in [0.2, 0.25) is 0 Å². The molecule has 2 aromatic heterocycles. The number of pyridine rings is 1. The molecule has 1 aliphatic rings. The van der Waals surface area contributed by atoms with Crippen LogP contribution in [0.4, 0.5) is 0 Å². The number of nitrogens with one attached hydrogen (secondary N) is 1. The van der Waals surface area contributed by atoms with Gasteiger partial charge in [0.25, 0.3) is 5.56 Å². The monoisotopic (exact) mass is 585 g/mol. The van der Waals surface area contributed by atoms with Crippen LogP contribution in [0.15, 0.2) is 40.3 Å². The van der Waals surface area contributed by atoms with E-state index < -0.39 is 53.3 Å². The number of ketones is 2. The molecular weight excluding hydrogens is 538 g/mol. The van der Waals surface area contributed by atoms with E-state index in [2.05, 4.69) is 16.9 Å². The molecule has 0 aromatic carbocycles. The number of ether oxygens (including phenoxy) is 1. The van der Waals surface area contributed by atoms with Gasteiger partial charge in [-0.05, 0) is 25.5 Å². The van der Waals surface area contributed by atoms with Crippen molar-refractivity contribution >= 4 is 11.6 Å². The summed E-state index contributed by atoms with van der Waals surface area (Å²) in [5, 5.41) is 21.8. The topological polar surface area (TPSA) is 152 Å². The second-order valence-corrected chi connectivity index (χ2v) is 11.6. The van der Waals surface area contributed by atoms with Crippen molar-refractivity contribution in [2.24, 2.45) is 0 Å². The Morgan fingerprint density at radius 2 is 1.64 bits per heavy atom. The summed E-state index contributed by atoms with van der Waals surface area (Å²) < 4.78 is 6.91. The van der Waals surface area contributed by atoms with Gasteiger partial charge < -0.3 is 14.9 Å². The second-order valence-electron chi connectivity index (χ2n) is 11.6. The highest BCUT2D eigenvalue weighted by atomic mass is 16.6. The van der Waals surface area contributed by atoms with E-state index in [1.807, 2.05) is 0 Å². The van der Waals surface area contributed by atoms with Crippen molar-refractivity contribution in [1.29, 1.82) is 0 Å². The highest BCUT2D eigenvalue weighted by Crippen LogP contribution is 2.39.